The molecule has 0 spiro atoms. The Balaban J connectivity index is 0.00000261. The second-order valence-electron chi connectivity index (χ2n) is 6.58. The van der Waals surface area contributed by atoms with Crippen LogP contribution in [0.15, 0.2) is 29.4 Å². The summed E-state index contributed by atoms with van der Waals surface area (Å²) >= 11 is 1.78. The Hall–Kier alpha value is -1.42. The Bertz CT molecular complexity index is 725. The first-order chi connectivity index (χ1) is 12.7. The summed E-state index contributed by atoms with van der Waals surface area (Å²) in [5.74, 6) is 1.96. The van der Waals surface area contributed by atoms with E-state index in [9.17, 15) is 0 Å². The highest BCUT2D eigenvalue weighted by Crippen LogP contribution is 2.18. The highest BCUT2D eigenvalue weighted by Gasteiger charge is 2.20. The zero-order chi connectivity index (χ0) is 18.4. The Morgan fingerprint density at radius 1 is 1.30 bits per heavy atom. The van der Waals surface area contributed by atoms with Gasteiger partial charge in [-0.2, -0.15) is 0 Å². The van der Waals surface area contributed by atoms with Crippen molar-refractivity contribution in [3.8, 4) is 0 Å². The quantitative estimate of drug-likeness (QED) is 0.375. The summed E-state index contributed by atoms with van der Waals surface area (Å²) in [5, 5.41) is 8.14. The summed E-state index contributed by atoms with van der Waals surface area (Å²) in [4.78, 5) is 17.0. The molecule has 27 heavy (non-hydrogen) atoms. The van der Waals surface area contributed by atoms with Gasteiger partial charge in [-0.05, 0) is 38.8 Å². The van der Waals surface area contributed by atoms with Crippen molar-refractivity contribution in [2.24, 2.45) is 4.99 Å². The predicted molar refractivity (Wildman–Crippen MR) is 125 cm³/mol. The number of halogens is 1. The van der Waals surface area contributed by atoms with Gasteiger partial charge in [0.05, 0.1) is 10.7 Å². The Morgan fingerprint density at radius 3 is 2.67 bits per heavy atom. The molecule has 2 N–H and O–H groups in total. The lowest BCUT2D eigenvalue weighted by Crippen LogP contribution is -2.49. The van der Waals surface area contributed by atoms with E-state index >= 15 is 0 Å². The van der Waals surface area contributed by atoms with Crippen LogP contribution in [0.25, 0.3) is 0 Å². The van der Waals surface area contributed by atoms with E-state index in [1.807, 2.05) is 25.4 Å². The molecule has 1 saturated heterocycles. The van der Waals surface area contributed by atoms with Crippen molar-refractivity contribution in [1.82, 2.24) is 20.6 Å². The first-order valence-corrected chi connectivity index (χ1v) is 10.0. The molecule has 8 heteroatoms. The van der Waals surface area contributed by atoms with Crippen molar-refractivity contribution in [3.63, 3.8) is 0 Å². The van der Waals surface area contributed by atoms with Gasteiger partial charge in [0.25, 0.3) is 0 Å². The van der Waals surface area contributed by atoms with E-state index in [1.54, 1.807) is 11.3 Å². The van der Waals surface area contributed by atoms with E-state index in [4.69, 9.17) is 0 Å². The third-order valence-electron chi connectivity index (χ3n) is 4.68. The van der Waals surface area contributed by atoms with Crippen LogP contribution in [-0.2, 0) is 6.42 Å². The van der Waals surface area contributed by atoms with E-state index in [2.05, 4.69) is 50.4 Å². The van der Waals surface area contributed by atoms with Gasteiger partial charge in [0, 0.05) is 50.2 Å². The van der Waals surface area contributed by atoms with E-state index < -0.39 is 0 Å². The maximum Gasteiger partial charge on any atom is 0.191 e. The molecule has 3 heterocycles. The average Bonchev–Trinajstić information content (AvgIpc) is 2.99. The molecule has 2 aromatic rings. The number of hydrogen-bond donors (Lipinski definition) is 2. The SMILES string of the molecule is CN=C(NCCc1sc(C)nc1C)NC1CCN(c2ccccn2)CC1.I. The van der Waals surface area contributed by atoms with Crippen LogP contribution in [0.5, 0.6) is 0 Å². The molecule has 0 atom stereocenters. The molecular weight excluding hydrogens is 471 g/mol. The van der Waals surface area contributed by atoms with Crippen molar-refractivity contribution in [2.45, 2.75) is 39.2 Å². The topological polar surface area (TPSA) is 65.4 Å². The average molecular weight is 500 g/mol. The maximum atomic E-state index is 4.49. The minimum Gasteiger partial charge on any atom is -0.356 e. The molecule has 1 aliphatic heterocycles. The van der Waals surface area contributed by atoms with Gasteiger partial charge in [0.2, 0.25) is 0 Å². The molecule has 0 saturated carbocycles. The Kier molecular flexibility index (Phi) is 8.75. The fraction of sp³-hybridized carbons (Fsp3) is 0.526. The van der Waals surface area contributed by atoms with Crippen LogP contribution in [0.1, 0.15) is 28.4 Å². The van der Waals surface area contributed by atoms with Crippen molar-refractivity contribution in [1.29, 1.82) is 0 Å². The van der Waals surface area contributed by atoms with E-state index in [0.717, 1.165) is 61.4 Å². The summed E-state index contributed by atoms with van der Waals surface area (Å²) in [6.07, 6.45) is 5.02. The van der Waals surface area contributed by atoms with Crippen LogP contribution in [0.3, 0.4) is 0 Å². The number of nitrogens with zero attached hydrogens (tertiary/aromatic N) is 4. The summed E-state index contributed by atoms with van der Waals surface area (Å²) in [5.41, 5.74) is 1.15. The summed E-state index contributed by atoms with van der Waals surface area (Å²) in [6, 6.07) is 6.54. The standard InChI is InChI=1S/C19H28N6S.HI/c1-14-17(26-15(2)23-14)7-11-22-19(20-3)24-16-8-12-25(13-9-16)18-6-4-5-10-21-18;/h4-6,10,16H,7-9,11-13H2,1-3H3,(H2,20,22,24);1H. The molecular formula is C19H29IN6S. The Morgan fingerprint density at radius 2 is 2.07 bits per heavy atom. The molecule has 148 valence electrons. The molecule has 1 aliphatic rings. The van der Waals surface area contributed by atoms with Crippen molar-refractivity contribution >= 4 is 47.1 Å². The number of anilines is 1. The summed E-state index contributed by atoms with van der Waals surface area (Å²) in [7, 11) is 1.83. The van der Waals surface area contributed by atoms with Crippen molar-refractivity contribution < 1.29 is 0 Å². The second-order valence-corrected chi connectivity index (χ2v) is 7.87. The number of pyridine rings is 1. The molecule has 0 radical (unpaired) electrons. The van der Waals surface area contributed by atoms with Gasteiger partial charge in [-0.15, -0.1) is 35.3 Å². The summed E-state index contributed by atoms with van der Waals surface area (Å²) in [6.45, 7) is 7.05. The molecule has 6 nitrogen and oxygen atoms in total. The lowest BCUT2D eigenvalue weighted by Gasteiger charge is -2.33. The normalized spacial score (nSPS) is 15.4. The lowest BCUT2D eigenvalue weighted by atomic mass is 10.1. The molecule has 0 aliphatic carbocycles. The van der Waals surface area contributed by atoms with Crippen LogP contribution < -0.4 is 15.5 Å². The zero-order valence-corrected chi connectivity index (χ0v) is 19.4. The number of aromatic nitrogens is 2. The minimum absolute atomic E-state index is 0. The lowest BCUT2D eigenvalue weighted by molar-refractivity contribution is 0.459. The molecule has 0 amide bonds. The third-order valence-corrected chi connectivity index (χ3v) is 5.81. The number of thiazole rings is 1. The number of aryl methyl sites for hydroxylation is 2. The van der Waals surface area contributed by atoms with E-state index in [-0.39, 0.29) is 24.0 Å². The van der Waals surface area contributed by atoms with Gasteiger partial charge in [-0.1, -0.05) is 6.07 Å². The first-order valence-electron chi connectivity index (χ1n) is 9.22. The number of guanidine groups is 1. The molecule has 2 aromatic heterocycles. The fourth-order valence-electron chi connectivity index (χ4n) is 3.28. The fourth-order valence-corrected chi connectivity index (χ4v) is 4.22. The highest BCUT2D eigenvalue weighted by atomic mass is 127. The largest absolute Gasteiger partial charge is 0.356 e. The van der Waals surface area contributed by atoms with Gasteiger partial charge < -0.3 is 15.5 Å². The van der Waals surface area contributed by atoms with Crippen molar-refractivity contribution in [3.05, 3.63) is 40.0 Å². The molecule has 0 aromatic carbocycles. The van der Waals surface area contributed by atoms with Gasteiger partial charge >= 0.3 is 0 Å². The number of aliphatic imine (C=N–C) groups is 1. The van der Waals surface area contributed by atoms with Crippen LogP contribution in [0.4, 0.5) is 5.82 Å². The zero-order valence-electron chi connectivity index (χ0n) is 16.2. The van der Waals surface area contributed by atoms with Gasteiger partial charge in [-0.25, -0.2) is 9.97 Å². The highest BCUT2D eigenvalue weighted by molar-refractivity contribution is 14.0. The Labute approximate surface area is 182 Å². The smallest absolute Gasteiger partial charge is 0.191 e. The van der Waals surface area contributed by atoms with Crippen molar-refractivity contribution in [2.75, 3.05) is 31.6 Å². The maximum absolute atomic E-state index is 4.49. The molecule has 0 bridgehead atoms. The number of piperidine rings is 1. The van der Waals surface area contributed by atoms with E-state index in [1.165, 1.54) is 4.88 Å². The number of hydrogen-bond acceptors (Lipinski definition) is 5. The van der Waals surface area contributed by atoms with Gasteiger partial charge in [0.15, 0.2) is 5.96 Å². The van der Waals surface area contributed by atoms with Crippen LogP contribution in [0.2, 0.25) is 0 Å². The monoisotopic (exact) mass is 500 g/mol. The number of rotatable bonds is 5. The number of nitrogens with one attached hydrogen (secondary N) is 2. The molecule has 0 unspecified atom stereocenters. The third kappa shape index (κ3) is 6.31. The van der Waals surface area contributed by atoms with Crippen LogP contribution >= 0.6 is 35.3 Å². The predicted octanol–water partition coefficient (Wildman–Crippen LogP) is 3.15. The first kappa shape index (κ1) is 21.9. The van der Waals surface area contributed by atoms with E-state index in [0.29, 0.717) is 6.04 Å². The second kappa shape index (κ2) is 10.8. The van der Waals surface area contributed by atoms with Gasteiger partial charge in [0.1, 0.15) is 5.82 Å². The van der Waals surface area contributed by atoms with Gasteiger partial charge in [-0.3, -0.25) is 4.99 Å². The van der Waals surface area contributed by atoms with Crippen LogP contribution in [-0.4, -0.2) is 48.7 Å². The summed E-state index contributed by atoms with van der Waals surface area (Å²) < 4.78 is 0. The minimum atomic E-state index is 0. The van der Waals surface area contributed by atoms with Crippen LogP contribution in [0, 0.1) is 13.8 Å². The molecule has 1 fully saturated rings. The molecule has 3 rings (SSSR count).